The van der Waals surface area contributed by atoms with E-state index in [9.17, 15) is 9.59 Å². The van der Waals surface area contributed by atoms with Gasteiger partial charge in [0.15, 0.2) is 10.9 Å². The number of carbonyl (C=O) groups excluding carboxylic acids is 2. The van der Waals surface area contributed by atoms with Gasteiger partial charge < -0.3 is 15.0 Å². The Morgan fingerprint density at radius 2 is 2.00 bits per heavy atom. The first-order valence-corrected chi connectivity index (χ1v) is 6.61. The summed E-state index contributed by atoms with van der Waals surface area (Å²) < 4.78 is 6.64. The van der Waals surface area contributed by atoms with Gasteiger partial charge >= 0.3 is 6.09 Å². The Kier molecular flexibility index (Phi) is 4.81. The van der Waals surface area contributed by atoms with Crippen molar-refractivity contribution in [3.8, 4) is 0 Å². The molecule has 0 saturated heterocycles. The number of nitrogens with two attached hydrogens (primary N) is 1. The number of ether oxygens (including phenoxy) is 1. The van der Waals surface area contributed by atoms with Crippen molar-refractivity contribution in [1.82, 2.24) is 9.55 Å². The maximum absolute atomic E-state index is 11.8. The Hall–Kier alpha value is -1.56. The lowest BCUT2D eigenvalue weighted by Crippen LogP contribution is -2.33. The van der Waals surface area contributed by atoms with Crippen LogP contribution in [0.25, 0.3) is 0 Å². The minimum Gasteiger partial charge on any atom is -0.447 e. The molecule has 0 aromatic carbocycles. The summed E-state index contributed by atoms with van der Waals surface area (Å²) in [6.07, 6.45) is -0.854. The highest BCUT2D eigenvalue weighted by Crippen LogP contribution is 2.35. The summed E-state index contributed by atoms with van der Waals surface area (Å²) in [6.45, 7) is 9.14. The van der Waals surface area contributed by atoms with Gasteiger partial charge in [-0.05, 0) is 12.3 Å². The monoisotopic (exact) mass is 301 g/mol. The summed E-state index contributed by atoms with van der Waals surface area (Å²) in [7, 11) is 0. The van der Waals surface area contributed by atoms with Crippen LogP contribution in [0.15, 0.2) is 0 Å². The number of nitrogens with zero attached hydrogens (tertiary/aromatic N) is 2. The number of amides is 1. The minimum absolute atomic E-state index is 0.0483. The van der Waals surface area contributed by atoms with Gasteiger partial charge in [-0.3, -0.25) is 4.79 Å². The van der Waals surface area contributed by atoms with Crippen LogP contribution in [0.1, 0.15) is 50.0 Å². The van der Waals surface area contributed by atoms with Crippen molar-refractivity contribution in [2.24, 2.45) is 11.1 Å². The normalized spacial score (nSPS) is 13.1. The van der Waals surface area contributed by atoms with E-state index in [0.29, 0.717) is 11.5 Å². The smallest absolute Gasteiger partial charge is 0.404 e. The molecule has 20 heavy (non-hydrogen) atoms. The van der Waals surface area contributed by atoms with Gasteiger partial charge in [-0.2, -0.15) is 0 Å². The molecule has 0 aliphatic rings. The number of ketones is 1. The average molecular weight is 302 g/mol. The number of aromatic nitrogens is 2. The molecule has 0 bridgehead atoms. The topological polar surface area (TPSA) is 87.2 Å². The highest BCUT2D eigenvalue weighted by molar-refractivity contribution is 6.32. The van der Waals surface area contributed by atoms with Crippen molar-refractivity contribution in [1.29, 1.82) is 0 Å². The van der Waals surface area contributed by atoms with E-state index in [1.54, 1.807) is 11.5 Å². The molecular formula is C13H20ClN3O3. The van der Waals surface area contributed by atoms with Gasteiger partial charge in [0.25, 0.3) is 0 Å². The largest absolute Gasteiger partial charge is 0.447 e. The number of imidazole rings is 1. The zero-order valence-corrected chi connectivity index (χ0v) is 13.1. The van der Waals surface area contributed by atoms with Crippen LogP contribution in [0.4, 0.5) is 4.79 Å². The Morgan fingerprint density at radius 1 is 1.45 bits per heavy atom. The van der Waals surface area contributed by atoms with Crippen LogP contribution in [0, 0.1) is 12.3 Å². The van der Waals surface area contributed by atoms with Crippen LogP contribution >= 0.6 is 11.6 Å². The predicted octanol–water partition coefficient (Wildman–Crippen LogP) is 2.73. The number of primary amides is 1. The quantitative estimate of drug-likeness (QED) is 0.866. The molecule has 0 fully saturated rings. The van der Waals surface area contributed by atoms with Gasteiger partial charge in [-0.15, -0.1) is 0 Å². The fourth-order valence-electron chi connectivity index (χ4n) is 2.08. The molecule has 7 heteroatoms. The highest BCUT2D eigenvalue weighted by atomic mass is 35.5. The lowest BCUT2D eigenvalue weighted by molar-refractivity contribution is 0.0918. The Labute approximate surface area is 123 Å². The second kappa shape index (κ2) is 5.83. The summed E-state index contributed by atoms with van der Waals surface area (Å²) in [5.74, 6) is 0.400. The van der Waals surface area contributed by atoms with Crippen molar-refractivity contribution < 1.29 is 14.3 Å². The number of halogens is 1. The van der Waals surface area contributed by atoms with Gasteiger partial charge in [0.2, 0.25) is 0 Å². The molecule has 112 valence electrons. The van der Waals surface area contributed by atoms with Crippen LogP contribution < -0.4 is 5.73 Å². The van der Waals surface area contributed by atoms with E-state index < -0.39 is 6.09 Å². The SMILES string of the molecule is CC(=O)c1c(Cl)nc(C)n1C(COC(N)=O)C(C)(C)C. The molecule has 1 unspecified atom stereocenters. The third-order valence-corrected chi connectivity index (χ3v) is 3.34. The molecule has 1 rings (SSSR count). The van der Waals surface area contributed by atoms with Gasteiger partial charge in [-0.25, -0.2) is 9.78 Å². The molecular weight excluding hydrogens is 282 g/mol. The van der Waals surface area contributed by atoms with Crippen molar-refractivity contribution in [2.75, 3.05) is 6.61 Å². The van der Waals surface area contributed by atoms with Crippen molar-refractivity contribution in [3.63, 3.8) is 0 Å². The molecule has 1 heterocycles. The number of hydrogen-bond donors (Lipinski definition) is 1. The molecule has 0 saturated carbocycles. The summed E-state index contributed by atoms with van der Waals surface area (Å²) in [4.78, 5) is 26.8. The van der Waals surface area contributed by atoms with E-state index in [-0.39, 0.29) is 29.0 Å². The van der Waals surface area contributed by atoms with Crippen LogP contribution in [0.2, 0.25) is 5.15 Å². The van der Waals surface area contributed by atoms with Crippen LogP contribution in [0.5, 0.6) is 0 Å². The number of hydrogen-bond acceptors (Lipinski definition) is 4. The van der Waals surface area contributed by atoms with Crippen LogP contribution in [0.3, 0.4) is 0 Å². The van der Waals surface area contributed by atoms with E-state index in [2.05, 4.69) is 4.98 Å². The second-order valence-corrected chi connectivity index (χ2v) is 6.09. The number of carbonyl (C=O) groups is 2. The number of Topliss-reactive ketones (excluding diaryl/α,β-unsaturated/α-hetero) is 1. The summed E-state index contributed by atoms with van der Waals surface area (Å²) in [5.41, 5.74) is 5.06. The molecule has 6 nitrogen and oxygen atoms in total. The fourth-order valence-corrected chi connectivity index (χ4v) is 2.43. The molecule has 0 radical (unpaired) electrons. The molecule has 0 aliphatic heterocycles. The molecule has 1 atom stereocenters. The standard InChI is InChI=1S/C13H20ClN3O3/c1-7(18)10-11(14)16-8(2)17(10)9(13(3,4)5)6-20-12(15)19/h9H,6H2,1-5H3,(H2,15,19). The maximum Gasteiger partial charge on any atom is 0.404 e. The molecule has 1 aromatic heterocycles. The summed E-state index contributed by atoms with van der Waals surface area (Å²) in [5, 5.41) is 0.156. The van der Waals surface area contributed by atoms with Crippen molar-refractivity contribution in [2.45, 2.75) is 40.7 Å². The first-order valence-electron chi connectivity index (χ1n) is 6.23. The zero-order valence-electron chi connectivity index (χ0n) is 12.4. The minimum atomic E-state index is -0.854. The zero-order chi connectivity index (χ0) is 15.7. The highest BCUT2D eigenvalue weighted by Gasteiger charge is 2.32. The fraction of sp³-hybridized carbons (Fsp3) is 0.615. The first kappa shape index (κ1) is 16.5. The lowest BCUT2D eigenvalue weighted by Gasteiger charge is -2.33. The van der Waals surface area contributed by atoms with Gasteiger partial charge in [0.05, 0.1) is 6.04 Å². The second-order valence-electron chi connectivity index (χ2n) is 5.74. The molecule has 1 aromatic rings. The Balaban J connectivity index is 3.34. The third kappa shape index (κ3) is 3.50. The van der Waals surface area contributed by atoms with E-state index in [1.807, 2.05) is 20.8 Å². The summed E-state index contributed by atoms with van der Waals surface area (Å²) >= 11 is 6.02. The molecule has 0 aliphatic carbocycles. The van der Waals surface area contributed by atoms with E-state index in [4.69, 9.17) is 22.1 Å². The first-order chi connectivity index (χ1) is 9.05. The van der Waals surface area contributed by atoms with Gasteiger partial charge in [-0.1, -0.05) is 32.4 Å². The van der Waals surface area contributed by atoms with Crippen molar-refractivity contribution in [3.05, 3.63) is 16.7 Å². The van der Waals surface area contributed by atoms with E-state index in [0.717, 1.165) is 0 Å². The van der Waals surface area contributed by atoms with Gasteiger partial charge in [0, 0.05) is 6.92 Å². The van der Waals surface area contributed by atoms with Gasteiger partial charge in [0.1, 0.15) is 18.1 Å². The Morgan fingerprint density at radius 3 is 2.40 bits per heavy atom. The number of rotatable bonds is 4. The summed E-state index contributed by atoms with van der Waals surface area (Å²) in [6, 6.07) is -0.297. The molecule has 1 amide bonds. The lowest BCUT2D eigenvalue weighted by atomic mass is 9.86. The van der Waals surface area contributed by atoms with Crippen LogP contribution in [-0.2, 0) is 4.74 Å². The van der Waals surface area contributed by atoms with E-state index in [1.165, 1.54) is 6.92 Å². The van der Waals surface area contributed by atoms with Crippen molar-refractivity contribution >= 4 is 23.5 Å². The molecule has 0 spiro atoms. The number of aryl methyl sites for hydroxylation is 1. The third-order valence-electron chi connectivity index (χ3n) is 3.07. The Bertz CT molecular complexity index is 532. The average Bonchev–Trinajstić information content (AvgIpc) is 2.51. The predicted molar refractivity (Wildman–Crippen MR) is 76.0 cm³/mol. The van der Waals surface area contributed by atoms with Crippen LogP contribution in [-0.4, -0.2) is 28.0 Å². The molecule has 2 N–H and O–H groups in total. The van der Waals surface area contributed by atoms with E-state index >= 15 is 0 Å². The maximum atomic E-state index is 11.8.